The smallest absolute Gasteiger partial charge is 0.304 e. The molecule has 172 valence electrons. The van der Waals surface area contributed by atoms with Crippen LogP contribution in [0.25, 0.3) is 0 Å². The first-order valence-electron chi connectivity index (χ1n) is 10.4. The molecule has 0 aliphatic carbocycles. The highest BCUT2D eigenvalue weighted by Gasteiger charge is 2.41. The number of aliphatic carboxylic acids is 1. The van der Waals surface area contributed by atoms with Gasteiger partial charge in [0.25, 0.3) is 5.91 Å². The summed E-state index contributed by atoms with van der Waals surface area (Å²) < 4.78 is 10.6. The number of halogens is 1. The number of amides is 1. The predicted molar refractivity (Wildman–Crippen MR) is 121 cm³/mol. The summed E-state index contributed by atoms with van der Waals surface area (Å²) in [7, 11) is 1.61. The number of carboxylic acids is 1. The van der Waals surface area contributed by atoms with Gasteiger partial charge in [0.05, 0.1) is 43.5 Å². The molecule has 1 aliphatic heterocycles. The van der Waals surface area contributed by atoms with Gasteiger partial charge >= 0.3 is 5.97 Å². The zero-order valence-corrected chi connectivity index (χ0v) is 19.2. The van der Waals surface area contributed by atoms with Crippen molar-refractivity contribution in [3.8, 4) is 5.75 Å². The second-order valence-electron chi connectivity index (χ2n) is 8.05. The lowest BCUT2D eigenvalue weighted by atomic mass is 9.82. The van der Waals surface area contributed by atoms with Crippen LogP contribution in [0.2, 0.25) is 5.02 Å². The Labute approximate surface area is 192 Å². The number of rotatable bonds is 10. The van der Waals surface area contributed by atoms with Crippen LogP contribution in [0.15, 0.2) is 30.3 Å². The molecule has 0 saturated carbocycles. The van der Waals surface area contributed by atoms with Crippen LogP contribution in [0.3, 0.4) is 0 Å². The molecule has 1 saturated heterocycles. The number of carbonyl (C=O) groups excluding carboxylic acids is 1. The summed E-state index contributed by atoms with van der Waals surface area (Å²) in [6, 6.07) is 8.65. The molecule has 1 atom stereocenters. The number of aryl methyl sites for hydroxylation is 1. The van der Waals surface area contributed by atoms with Crippen molar-refractivity contribution in [1.29, 1.82) is 0 Å². The highest BCUT2D eigenvalue weighted by Crippen LogP contribution is 2.32. The second-order valence-corrected chi connectivity index (χ2v) is 8.46. The van der Waals surface area contributed by atoms with Crippen LogP contribution in [0.5, 0.6) is 5.75 Å². The highest BCUT2D eigenvalue weighted by atomic mass is 35.5. The summed E-state index contributed by atoms with van der Waals surface area (Å²) in [5.41, 5.74) is 2.24. The molecule has 32 heavy (non-hydrogen) atoms. The molecule has 0 unspecified atom stereocenters. The number of anilines is 1. The fourth-order valence-electron chi connectivity index (χ4n) is 3.61. The van der Waals surface area contributed by atoms with Crippen LogP contribution in [-0.2, 0) is 16.0 Å². The molecule has 2 heterocycles. The Morgan fingerprint density at radius 1 is 1.31 bits per heavy atom. The van der Waals surface area contributed by atoms with Gasteiger partial charge in [0.1, 0.15) is 11.4 Å². The minimum absolute atomic E-state index is 0.0501. The summed E-state index contributed by atoms with van der Waals surface area (Å²) in [5.74, 6) is -0.544. The molecule has 0 bridgehead atoms. The van der Waals surface area contributed by atoms with Gasteiger partial charge in [-0.25, -0.2) is 0 Å². The van der Waals surface area contributed by atoms with Gasteiger partial charge in [-0.1, -0.05) is 18.5 Å². The maximum atomic E-state index is 12.6. The lowest BCUT2D eigenvalue weighted by Gasteiger charge is -2.40. The molecule has 1 aromatic heterocycles. The van der Waals surface area contributed by atoms with Crippen LogP contribution in [0.1, 0.15) is 48.1 Å². The molecular weight excluding hydrogens is 434 g/mol. The highest BCUT2D eigenvalue weighted by molar-refractivity contribution is 6.33. The largest absolute Gasteiger partial charge is 0.495 e. The lowest BCUT2D eigenvalue weighted by Crippen LogP contribution is -2.52. The number of carbonyl (C=O) groups is 2. The summed E-state index contributed by atoms with van der Waals surface area (Å²) >= 11 is 6.44. The number of benzene rings is 1. The number of methoxy groups -OCH3 is 1. The fourth-order valence-corrected chi connectivity index (χ4v) is 3.84. The maximum absolute atomic E-state index is 12.6. The van der Waals surface area contributed by atoms with E-state index in [-0.39, 0.29) is 24.9 Å². The molecule has 1 fully saturated rings. The molecule has 8 nitrogen and oxygen atoms in total. The Balaban J connectivity index is 1.67. The van der Waals surface area contributed by atoms with Gasteiger partial charge < -0.3 is 25.2 Å². The Kier molecular flexibility index (Phi) is 7.58. The Hall–Kier alpha value is -2.84. The van der Waals surface area contributed by atoms with Crippen LogP contribution in [-0.4, -0.2) is 48.8 Å². The van der Waals surface area contributed by atoms with Crippen molar-refractivity contribution >= 4 is 29.2 Å². The van der Waals surface area contributed by atoms with E-state index in [0.29, 0.717) is 35.2 Å². The normalized spacial score (nSPS) is 15.4. The SMILES string of the molecule is CCc1ccc(OC)c([C@H](C)Nc2ccc(C(=O)NCC3(CC(=O)O)COC3)cc2Cl)n1. The minimum Gasteiger partial charge on any atom is -0.495 e. The first kappa shape index (κ1) is 23.8. The van der Waals surface area contributed by atoms with E-state index in [9.17, 15) is 9.59 Å². The Morgan fingerprint density at radius 2 is 2.06 bits per heavy atom. The van der Waals surface area contributed by atoms with Gasteiger partial charge in [-0.15, -0.1) is 0 Å². The molecule has 3 rings (SSSR count). The molecule has 1 aromatic carbocycles. The van der Waals surface area contributed by atoms with E-state index < -0.39 is 11.4 Å². The van der Waals surface area contributed by atoms with Crippen molar-refractivity contribution in [2.45, 2.75) is 32.7 Å². The number of carboxylic acid groups (broad SMARTS) is 1. The molecule has 1 aliphatic rings. The van der Waals surface area contributed by atoms with Crippen LogP contribution in [0, 0.1) is 5.41 Å². The van der Waals surface area contributed by atoms with Crippen molar-refractivity contribution in [1.82, 2.24) is 10.3 Å². The van der Waals surface area contributed by atoms with E-state index in [4.69, 9.17) is 26.2 Å². The molecule has 1 amide bonds. The number of hydrogen-bond donors (Lipinski definition) is 3. The second kappa shape index (κ2) is 10.2. The van der Waals surface area contributed by atoms with E-state index in [1.165, 1.54) is 0 Å². The number of hydrogen-bond acceptors (Lipinski definition) is 6. The molecule has 9 heteroatoms. The van der Waals surface area contributed by atoms with Crippen molar-refractivity contribution < 1.29 is 24.2 Å². The van der Waals surface area contributed by atoms with Gasteiger partial charge in [0.2, 0.25) is 0 Å². The first-order valence-corrected chi connectivity index (χ1v) is 10.8. The van der Waals surface area contributed by atoms with E-state index in [1.54, 1.807) is 25.3 Å². The van der Waals surface area contributed by atoms with Crippen LogP contribution < -0.4 is 15.4 Å². The number of aromatic nitrogens is 1. The average molecular weight is 462 g/mol. The van der Waals surface area contributed by atoms with Crippen molar-refractivity contribution in [3.05, 3.63) is 52.3 Å². The third-order valence-corrected chi connectivity index (χ3v) is 5.82. The van der Waals surface area contributed by atoms with Gasteiger partial charge in [-0.3, -0.25) is 14.6 Å². The summed E-state index contributed by atoms with van der Waals surface area (Å²) in [5, 5.41) is 15.6. The summed E-state index contributed by atoms with van der Waals surface area (Å²) in [6.45, 7) is 4.87. The third-order valence-electron chi connectivity index (χ3n) is 5.51. The monoisotopic (exact) mass is 461 g/mol. The quantitative estimate of drug-likeness (QED) is 0.494. The van der Waals surface area contributed by atoms with Crippen LogP contribution >= 0.6 is 11.6 Å². The molecule has 3 N–H and O–H groups in total. The maximum Gasteiger partial charge on any atom is 0.304 e. The van der Waals surface area contributed by atoms with E-state index in [2.05, 4.69) is 15.6 Å². The van der Waals surface area contributed by atoms with E-state index in [0.717, 1.165) is 17.8 Å². The van der Waals surface area contributed by atoms with Gasteiger partial charge in [-0.2, -0.15) is 0 Å². The van der Waals surface area contributed by atoms with E-state index >= 15 is 0 Å². The third kappa shape index (κ3) is 5.49. The van der Waals surface area contributed by atoms with Crippen molar-refractivity contribution in [2.75, 3.05) is 32.2 Å². The number of nitrogens with one attached hydrogen (secondary N) is 2. The van der Waals surface area contributed by atoms with Crippen molar-refractivity contribution in [2.24, 2.45) is 5.41 Å². The van der Waals surface area contributed by atoms with Crippen molar-refractivity contribution in [3.63, 3.8) is 0 Å². The van der Waals surface area contributed by atoms with Gasteiger partial charge in [-0.05, 0) is 43.7 Å². The topological polar surface area (TPSA) is 110 Å². The summed E-state index contributed by atoms with van der Waals surface area (Å²) in [6.07, 6.45) is 0.764. The predicted octanol–water partition coefficient (Wildman–Crippen LogP) is 3.70. The fraction of sp³-hybridized carbons (Fsp3) is 0.435. The molecule has 0 radical (unpaired) electrons. The molecule has 2 aromatic rings. The van der Waals surface area contributed by atoms with Crippen LogP contribution in [0.4, 0.5) is 5.69 Å². The Morgan fingerprint density at radius 3 is 2.62 bits per heavy atom. The average Bonchev–Trinajstić information content (AvgIpc) is 2.75. The number of nitrogens with zero attached hydrogens (tertiary/aromatic N) is 1. The minimum atomic E-state index is -0.911. The zero-order chi connectivity index (χ0) is 23.3. The summed E-state index contributed by atoms with van der Waals surface area (Å²) in [4.78, 5) is 28.3. The zero-order valence-electron chi connectivity index (χ0n) is 18.4. The standard InChI is InChI=1S/C23H28ClN3O5/c1-4-16-6-8-19(31-3)21(27-16)14(2)26-18-7-5-15(9-17(18)24)22(30)25-11-23(10-20(28)29)12-32-13-23/h5-9,14,26H,4,10-13H2,1-3H3,(H,25,30)(H,28,29)/t14-/m0/s1. The van der Waals surface area contributed by atoms with Gasteiger partial charge in [0.15, 0.2) is 0 Å². The number of ether oxygens (including phenoxy) is 2. The Bertz CT molecular complexity index is 994. The lowest BCUT2D eigenvalue weighted by molar-refractivity contribution is -0.155. The number of pyridine rings is 1. The molecular formula is C23H28ClN3O5. The first-order chi connectivity index (χ1) is 15.3. The van der Waals surface area contributed by atoms with E-state index in [1.807, 2.05) is 26.0 Å². The van der Waals surface area contributed by atoms with Gasteiger partial charge in [0, 0.05) is 23.2 Å². The molecule has 0 spiro atoms.